The first kappa shape index (κ1) is 11.4. The number of nitrogens with zero attached hydrogens (tertiary/aromatic N) is 5. The summed E-state index contributed by atoms with van der Waals surface area (Å²) in [5, 5.41) is 18.0. The average Bonchev–Trinajstić information content (AvgIpc) is 2.82. The molecule has 0 aromatic carbocycles. The number of thiazole rings is 1. The van der Waals surface area contributed by atoms with Gasteiger partial charge in [-0.1, -0.05) is 23.0 Å². The molecule has 92 valence electrons. The summed E-state index contributed by atoms with van der Waals surface area (Å²) in [5.41, 5.74) is 2.41. The van der Waals surface area contributed by atoms with Crippen molar-refractivity contribution in [3.63, 3.8) is 0 Å². The van der Waals surface area contributed by atoms with E-state index < -0.39 is 0 Å². The van der Waals surface area contributed by atoms with Gasteiger partial charge in [0.1, 0.15) is 6.07 Å². The molecule has 0 bridgehead atoms. The zero-order valence-corrected chi connectivity index (χ0v) is 11.2. The SMILES string of the molecule is Cc1nc(-n2nnc(C#N)c2C2CCC2)sc1C. The van der Waals surface area contributed by atoms with Gasteiger partial charge < -0.3 is 0 Å². The highest BCUT2D eigenvalue weighted by atomic mass is 32.1. The molecule has 0 unspecified atom stereocenters. The number of aromatic nitrogens is 4. The standard InChI is InChI=1S/C12H13N5S/c1-7-8(2)18-12(14-7)17-11(9-4-3-5-9)10(6-13)15-16-17/h9H,3-5H2,1-2H3. The van der Waals surface area contributed by atoms with Gasteiger partial charge in [-0.2, -0.15) is 9.94 Å². The van der Waals surface area contributed by atoms with Crippen LogP contribution in [0.2, 0.25) is 0 Å². The lowest BCUT2D eigenvalue weighted by Crippen LogP contribution is -2.15. The molecule has 0 amide bonds. The van der Waals surface area contributed by atoms with Gasteiger partial charge in [-0.3, -0.25) is 0 Å². The summed E-state index contributed by atoms with van der Waals surface area (Å²) >= 11 is 1.60. The summed E-state index contributed by atoms with van der Waals surface area (Å²) in [6.45, 7) is 4.03. The molecule has 0 N–H and O–H groups in total. The fourth-order valence-electron chi connectivity index (χ4n) is 2.10. The molecule has 6 heteroatoms. The van der Waals surface area contributed by atoms with Gasteiger partial charge in [-0.25, -0.2) is 4.98 Å². The highest BCUT2D eigenvalue weighted by Crippen LogP contribution is 2.38. The molecular weight excluding hydrogens is 246 g/mol. The fourth-order valence-corrected chi connectivity index (χ4v) is 2.98. The maximum absolute atomic E-state index is 9.12. The van der Waals surface area contributed by atoms with E-state index in [4.69, 9.17) is 5.26 Å². The van der Waals surface area contributed by atoms with Crippen LogP contribution < -0.4 is 0 Å². The van der Waals surface area contributed by atoms with Crippen LogP contribution in [-0.4, -0.2) is 20.0 Å². The zero-order valence-electron chi connectivity index (χ0n) is 10.3. The Hall–Kier alpha value is -1.74. The minimum Gasteiger partial charge on any atom is -0.223 e. The second-order valence-electron chi connectivity index (χ2n) is 4.61. The molecule has 0 radical (unpaired) electrons. The number of aryl methyl sites for hydroxylation is 2. The zero-order chi connectivity index (χ0) is 12.7. The van der Waals surface area contributed by atoms with Crippen molar-refractivity contribution >= 4 is 11.3 Å². The predicted octanol–water partition coefficient (Wildman–Crippen LogP) is 2.48. The third kappa shape index (κ3) is 1.63. The molecule has 0 spiro atoms. The first-order valence-corrected chi connectivity index (χ1v) is 6.82. The van der Waals surface area contributed by atoms with E-state index in [1.54, 1.807) is 16.0 Å². The van der Waals surface area contributed by atoms with Gasteiger partial charge in [-0.05, 0) is 26.7 Å². The molecule has 0 atom stereocenters. The summed E-state index contributed by atoms with van der Waals surface area (Å²) in [4.78, 5) is 5.68. The first-order chi connectivity index (χ1) is 8.70. The van der Waals surface area contributed by atoms with Crippen LogP contribution >= 0.6 is 11.3 Å². The van der Waals surface area contributed by atoms with Crippen molar-refractivity contribution in [1.29, 1.82) is 5.26 Å². The Labute approximate surface area is 109 Å². The van der Waals surface area contributed by atoms with E-state index in [2.05, 4.69) is 21.4 Å². The van der Waals surface area contributed by atoms with Crippen LogP contribution in [0.3, 0.4) is 0 Å². The van der Waals surface area contributed by atoms with Gasteiger partial charge in [0.05, 0.1) is 11.4 Å². The molecule has 0 aliphatic heterocycles. The average molecular weight is 259 g/mol. The van der Waals surface area contributed by atoms with Crippen molar-refractivity contribution < 1.29 is 0 Å². The second kappa shape index (κ2) is 4.18. The molecule has 18 heavy (non-hydrogen) atoms. The van der Waals surface area contributed by atoms with Crippen LogP contribution in [0, 0.1) is 25.2 Å². The fraction of sp³-hybridized carbons (Fsp3) is 0.500. The molecule has 0 saturated heterocycles. The van der Waals surface area contributed by atoms with Crippen molar-refractivity contribution in [2.45, 2.75) is 39.0 Å². The van der Waals surface area contributed by atoms with E-state index in [0.717, 1.165) is 29.4 Å². The van der Waals surface area contributed by atoms with Crippen molar-refractivity contribution in [3.05, 3.63) is 22.0 Å². The Morgan fingerprint density at radius 1 is 1.39 bits per heavy atom. The highest BCUT2D eigenvalue weighted by molar-refractivity contribution is 7.14. The van der Waals surface area contributed by atoms with Crippen LogP contribution in [0.15, 0.2) is 0 Å². The molecular formula is C12H13N5S. The lowest BCUT2D eigenvalue weighted by molar-refractivity contribution is 0.402. The van der Waals surface area contributed by atoms with Crippen LogP contribution in [0.1, 0.15) is 47.1 Å². The van der Waals surface area contributed by atoms with Crippen LogP contribution in [0.4, 0.5) is 0 Å². The molecule has 1 saturated carbocycles. The first-order valence-electron chi connectivity index (χ1n) is 6.01. The van der Waals surface area contributed by atoms with Gasteiger partial charge in [-0.15, -0.1) is 5.10 Å². The summed E-state index contributed by atoms with van der Waals surface area (Å²) in [6, 6.07) is 2.14. The van der Waals surface area contributed by atoms with Gasteiger partial charge in [0.25, 0.3) is 0 Å². The third-order valence-corrected chi connectivity index (χ3v) is 4.55. The highest BCUT2D eigenvalue weighted by Gasteiger charge is 2.29. The van der Waals surface area contributed by atoms with E-state index >= 15 is 0 Å². The van der Waals surface area contributed by atoms with Gasteiger partial charge >= 0.3 is 0 Å². The van der Waals surface area contributed by atoms with Gasteiger partial charge in [0.15, 0.2) is 5.69 Å². The van der Waals surface area contributed by atoms with Crippen LogP contribution in [0.25, 0.3) is 5.13 Å². The van der Waals surface area contributed by atoms with Crippen molar-refractivity contribution in [3.8, 4) is 11.2 Å². The molecule has 1 aliphatic rings. The normalized spacial score (nSPS) is 15.4. The summed E-state index contributed by atoms with van der Waals surface area (Å²) < 4.78 is 1.76. The number of hydrogen-bond donors (Lipinski definition) is 0. The minimum atomic E-state index is 0.416. The lowest BCUT2D eigenvalue weighted by Gasteiger charge is -2.25. The Kier molecular flexibility index (Phi) is 2.63. The van der Waals surface area contributed by atoms with E-state index in [1.807, 2.05) is 13.8 Å². The maximum atomic E-state index is 9.12. The predicted molar refractivity (Wildman–Crippen MR) is 67.8 cm³/mol. The van der Waals surface area contributed by atoms with Gasteiger partial charge in [0, 0.05) is 10.8 Å². The second-order valence-corrected chi connectivity index (χ2v) is 5.79. The van der Waals surface area contributed by atoms with E-state index in [9.17, 15) is 0 Å². The number of rotatable bonds is 2. The molecule has 1 aliphatic carbocycles. The molecule has 2 aromatic heterocycles. The Morgan fingerprint density at radius 2 is 2.17 bits per heavy atom. The van der Waals surface area contributed by atoms with E-state index in [0.29, 0.717) is 11.6 Å². The number of hydrogen-bond acceptors (Lipinski definition) is 5. The third-order valence-electron chi connectivity index (χ3n) is 3.50. The van der Waals surface area contributed by atoms with Gasteiger partial charge in [0.2, 0.25) is 5.13 Å². The largest absolute Gasteiger partial charge is 0.223 e. The van der Waals surface area contributed by atoms with Crippen molar-refractivity contribution in [2.24, 2.45) is 0 Å². The Balaban J connectivity index is 2.11. The van der Waals surface area contributed by atoms with Crippen LogP contribution in [-0.2, 0) is 0 Å². The molecule has 2 heterocycles. The molecule has 2 aromatic rings. The monoisotopic (exact) mass is 259 g/mol. The van der Waals surface area contributed by atoms with Crippen LogP contribution in [0.5, 0.6) is 0 Å². The molecule has 1 fully saturated rings. The van der Waals surface area contributed by atoms with E-state index in [1.165, 1.54) is 11.3 Å². The van der Waals surface area contributed by atoms with Crippen molar-refractivity contribution in [2.75, 3.05) is 0 Å². The maximum Gasteiger partial charge on any atom is 0.212 e. The van der Waals surface area contributed by atoms with E-state index in [-0.39, 0.29) is 0 Å². The minimum absolute atomic E-state index is 0.416. The van der Waals surface area contributed by atoms with Crippen molar-refractivity contribution in [1.82, 2.24) is 20.0 Å². The smallest absolute Gasteiger partial charge is 0.212 e. The molecule has 3 rings (SSSR count). The lowest BCUT2D eigenvalue weighted by atomic mass is 9.82. The Bertz CT molecular complexity index is 610. The topological polar surface area (TPSA) is 67.4 Å². The summed E-state index contributed by atoms with van der Waals surface area (Å²) in [7, 11) is 0. The summed E-state index contributed by atoms with van der Waals surface area (Å²) in [6.07, 6.45) is 3.45. The summed E-state index contributed by atoms with van der Waals surface area (Å²) in [5.74, 6) is 0.416. The molecule has 5 nitrogen and oxygen atoms in total. The number of nitriles is 1. The quantitative estimate of drug-likeness (QED) is 0.831. The Morgan fingerprint density at radius 3 is 2.67 bits per heavy atom.